The monoisotopic (exact) mass is 456 g/mol. The van der Waals surface area contributed by atoms with Crippen LogP contribution in [0.5, 0.6) is 5.75 Å². The summed E-state index contributed by atoms with van der Waals surface area (Å²) in [6.07, 6.45) is 4.51. The molecule has 0 bridgehead atoms. The molecule has 0 fully saturated rings. The Hall–Kier alpha value is -3.21. The predicted molar refractivity (Wildman–Crippen MR) is 143 cm³/mol. The van der Waals surface area contributed by atoms with Crippen LogP contribution in [-0.4, -0.2) is 56.9 Å². The molecule has 0 saturated carbocycles. The molecule has 0 unspecified atom stereocenters. The van der Waals surface area contributed by atoms with Crippen molar-refractivity contribution in [3.8, 4) is 16.9 Å². The number of hydrogen-bond donors (Lipinski definition) is 0. The molecule has 0 spiro atoms. The largest absolute Gasteiger partial charge is 0.491 e. The van der Waals surface area contributed by atoms with Crippen LogP contribution in [0, 0.1) is 0 Å². The lowest BCUT2D eigenvalue weighted by molar-refractivity contribution is 0.104. The molecule has 4 nitrogen and oxygen atoms in total. The number of hydrogen-bond acceptors (Lipinski definition) is 4. The summed E-state index contributed by atoms with van der Waals surface area (Å²) < 4.78 is 6.04. The fourth-order valence-corrected chi connectivity index (χ4v) is 3.90. The first-order valence-corrected chi connectivity index (χ1v) is 11.8. The first-order chi connectivity index (χ1) is 16.4. The summed E-state index contributed by atoms with van der Waals surface area (Å²) >= 11 is 0. The van der Waals surface area contributed by atoms with E-state index in [0.717, 1.165) is 36.2 Å². The van der Waals surface area contributed by atoms with Gasteiger partial charge in [-0.1, -0.05) is 67.6 Å². The molecule has 3 aromatic rings. The third-order valence-corrected chi connectivity index (χ3v) is 5.71. The van der Waals surface area contributed by atoms with Crippen molar-refractivity contribution in [1.82, 2.24) is 9.80 Å². The standard InChI is InChI=1S/C30H36N2O2/c1-6-23-11-9-10-14-27(23)25-16-18-30(34-20-19-31(2)3)28(21-25)29(33)17-15-24-12-7-8-13-26(24)22-32(4)5/h7-18,21H,6,19-20,22H2,1-5H3. The van der Waals surface area contributed by atoms with Gasteiger partial charge in [0.15, 0.2) is 5.78 Å². The number of carbonyl (C=O) groups excluding carboxylic acids is 1. The number of nitrogens with zero attached hydrogens (tertiary/aromatic N) is 2. The topological polar surface area (TPSA) is 32.8 Å². The van der Waals surface area contributed by atoms with Crippen molar-refractivity contribution in [3.05, 3.63) is 95.1 Å². The molecule has 0 aliphatic carbocycles. The lowest BCUT2D eigenvalue weighted by atomic mass is 9.95. The zero-order chi connectivity index (χ0) is 24.5. The van der Waals surface area contributed by atoms with E-state index in [9.17, 15) is 4.79 Å². The predicted octanol–water partition coefficient (Wildman–Crippen LogP) is 5.81. The van der Waals surface area contributed by atoms with Crippen LogP contribution < -0.4 is 4.74 Å². The Morgan fingerprint density at radius 3 is 2.29 bits per heavy atom. The molecule has 178 valence electrons. The van der Waals surface area contributed by atoms with E-state index in [1.54, 1.807) is 6.08 Å². The molecular formula is C30H36N2O2. The summed E-state index contributed by atoms with van der Waals surface area (Å²) in [6, 6.07) is 22.5. The molecule has 0 saturated heterocycles. The number of rotatable bonds is 11. The van der Waals surface area contributed by atoms with Crippen molar-refractivity contribution < 1.29 is 9.53 Å². The van der Waals surface area contributed by atoms with Gasteiger partial charge in [-0.25, -0.2) is 0 Å². The van der Waals surface area contributed by atoms with Gasteiger partial charge in [-0.15, -0.1) is 0 Å². The third-order valence-electron chi connectivity index (χ3n) is 5.71. The Morgan fingerprint density at radius 2 is 1.59 bits per heavy atom. The molecule has 0 radical (unpaired) electrons. The van der Waals surface area contributed by atoms with Gasteiger partial charge >= 0.3 is 0 Å². The smallest absolute Gasteiger partial charge is 0.189 e. The van der Waals surface area contributed by atoms with Crippen molar-refractivity contribution >= 4 is 11.9 Å². The molecule has 3 rings (SSSR count). The van der Waals surface area contributed by atoms with Crippen LogP contribution in [0.25, 0.3) is 17.2 Å². The first kappa shape index (κ1) is 25.4. The molecule has 34 heavy (non-hydrogen) atoms. The Balaban J connectivity index is 1.96. The number of carbonyl (C=O) groups is 1. The van der Waals surface area contributed by atoms with Gasteiger partial charge < -0.3 is 14.5 Å². The molecule has 0 aromatic heterocycles. The highest BCUT2D eigenvalue weighted by atomic mass is 16.5. The molecule has 0 N–H and O–H groups in total. The maximum atomic E-state index is 13.4. The molecular weight excluding hydrogens is 420 g/mol. The summed E-state index contributed by atoms with van der Waals surface area (Å²) in [6.45, 7) is 4.27. The van der Waals surface area contributed by atoms with Crippen LogP contribution in [0.15, 0.2) is 72.8 Å². The Kier molecular flexibility index (Phi) is 9.20. The van der Waals surface area contributed by atoms with Crippen molar-refractivity contribution in [2.75, 3.05) is 41.3 Å². The van der Waals surface area contributed by atoms with Crippen molar-refractivity contribution in [2.45, 2.75) is 19.9 Å². The van der Waals surface area contributed by atoms with Crippen LogP contribution >= 0.6 is 0 Å². The Bertz CT molecular complexity index is 1130. The average Bonchev–Trinajstić information content (AvgIpc) is 2.83. The van der Waals surface area contributed by atoms with Gasteiger partial charge in [0.2, 0.25) is 0 Å². The number of ketones is 1. The quantitative estimate of drug-likeness (QED) is 0.269. The SMILES string of the molecule is CCc1ccccc1-c1ccc(OCCN(C)C)c(C(=O)C=Cc2ccccc2CN(C)C)c1. The van der Waals surface area contributed by atoms with Gasteiger partial charge in [-0.05, 0) is 80.6 Å². The summed E-state index contributed by atoms with van der Waals surface area (Å²) in [7, 11) is 8.10. The summed E-state index contributed by atoms with van der Waals surface area (Å²) in [4.78, 5) is 17.6. The second kappa shape index (κ2) is 12.3. The summed E-state index contributed by atoms with van der Waals surface area (Å²) in [5, 5.41) is 0. The molecule has 0 amide bonds. The highest BCUT2D eigenvalue weighted by Gasteiger charge is 2.14. The normalized spacial score (nSPS) is 11.5. The van der Waals surface area contributed by atoms with Gasteiger partial charge in [0.1, 0.15) is 12.4 Å². The maximum absolute atomic E-state index is 13.4. The molecule has 0 atom stereocenters. The fraction of sp³-hybridized carbons (Fsp3) is 0.300. The minimum Gasteiger partial charge on any atom is -0.491 e. The number of likely N-dealkylation sites (N-methyl/N-ethyl adjacent to an activating group) is 1. The number of allylic oxidation sites excluding steroid dienone is 1. The van der Waals surface area contributed by atoms with Gasteiger partial charge in [-0.3, -0.25) is 4.79 Å². The van der Waals surface area contributed by atoms with E-state index in [-0.39, 0.29) is 5.78 Å². The molecule has 3 aromatic carbocycles. The van der Waals surface area contributed by atoms with E-state index in [2.05, 4.69) is 41.0 Å². The van der Waals surface area contributed by atoms with Crippen LogP contribution in [0.2, 0.25) is 0 Å². The molecule has 4 heteroatoms. The summed E-state index contributed by atoms with van der Waals surface area (Å²) in [5.74, 6) is 0.561. The minimum absolute atomic E-state index is 0.0599. The highest BCUT2D eigenvalue weighted by Crippen LogP contribution is 2.30. The second-order valence-electron chi connectivity index (χ2n) is 9.01. The Labute approximate surface area is 204 Å². The van der Waals surface area contributed by atoms with E-state index in [1.807, 2.05) is 76.7 Å². The van der Waals surface area contributed by atoms with E-state index in [0.29, 0.717) is 17.9 Å². The minimum atomic E-state index is -0.0599. The van der Waals surface area contributed by atoms with E-state index in [1.165, 1.54) is 11.1 Å². The third kappa shape index (κ3) is 6.89. The van der Waals surface area contributed by atoms with Gasteiger partial charge in [0, 0.05) is 13.1 Å². The van der Waals surface area contributed by atoms with Crippen molar-refractivity contribution in [1.29, 1.82) is 0 Å². The van der Waals surface area contributed by atoms with Crippen LogP contribution in [0.1, 0.15) is 34.0 Å². The van der Waals surface area contributed by atoms with Crippen molar-refractivity contribution in [2.24, 2.45) is 0 Å². The van der Waals surface area contributed by atoms with Gasteiger partial charge in [0.25, 0.3) is 0 Å². The average molecular weight is 457 g/mol. The van der Waals surface area contributed by atoms with E-state index in [4.69, 9.17) is 4.74 Å². The van der Waals surface area contributed by atoms with Crippen LogP contribution in [0.3, 0.4) is 0 Å². The summed E-state index contributed by atoms with van der Waals surface area (Å²) in [5.41, 5.74) is 6.26. The maximum Gasteiger partial charge on any atom is 0.189 e. The molecule has 0 aliphatic heterocycles. The van der Waals surface area contributed by atoms with Gasteiger partial charge in [0.05, 0.1) is 5.56 Å². The lowest BCUT2D eigenvalue weighted by Gasteiger charge is -2.15. The Morgan fingerprint density at radius 1 is 0.882 bits per heavy atom. The van der Waals surface area contributed by atoms with Gasteiger partial charge in [-0.2, -0.15) is 0 Å². The van der Waals surface area contributed by atoms with Crippen LogP contribution in [0.4, 0.5) is 0 Å². The highest BCUT2D eigenvalue weighted by molar-refractivity contribution is 6.09. The zero-order valence-electron chi connectivity index (χ0n) is 21.0. The number of benzene rings is 3. The zero-order valence-corrected chi connectivity index (χ0v) is 21.0. The van der Waals surface area contributed by atoms with Crippen LogP contribution in [-0.2, 0) is 13.0 Å². The van der Waals surface area contributed by atoms with Crippen molar-refractivity contribution in [3.63, 3.8) is 0 Å². The number of ether oxygens (including phenoxy) is 1. The first-order valence-electron chi connectivity index (χ1n) is 11.8. The van der Waals surface area contributed by atoms with E-state index < -0.39 is 0 Å². The number of aryl methyl sites for hydroxylation is 1. The lowest BCUT2D eigenvalue weighted by Crippen LogP contribution is -2.20. The van der Waals surface area contributed by atoms with E-state index >= 15 is 0 Å². The molecule has 0 aliphatic rings. The fourth-order valence-electron chi connectivity index (χ4n) is 3.90. The second-order valence-corrected chi connectivity index (χ2v) is 9.01. The molecule has 0 heterocycles.